The van der Waals surface area contributed by atoms with Gasteiger partial charge in [-0.05, 0) is 60.8 Å². The maximum absolute atomic E-state index is 13.4. The van der Waals surface area contributed by atoms with E-state index in [2.05, 4.69) is 5.32 Å². The van der Waals surface area contributed by atoms with E-state index in [0.717, 1.165) is 17.7 Å². The van der Waals surface area contributed by atoms with Gasteiger partial charge in [0.25, 0.3) is 0 Å². The molecule has 2 aliphatic heterocycles. The first-order chi connectivity index (χ1) is 20.8. The molecule has 2 aliphatic rings. The van der Waals surface area contributed by atoms with Crippen LogP contribution >= 0.6 is 0 Å². The van der Waals surface area contributed by atoms with E-state index in [1.807, 2.05) is 12.1 Å². The molecule has 1 fully saturated rings. The van der Waals surface area contributed by atoms with Gasteiger partial charge in [-0.15, -0.1) is 0 Å². The molecule has 238 valence electrons. The molecular weight excluding hydrogens is 578 g/mol. The molecular formula is C30H39BF3N5O5. The lowest BCUT2D eigenvalue weighted by atomic mass is 9.79. The van der Waals surface area contributed by atoms with Crippen molar-refractivity contribution in [3.05, 3.63) is 65.2 Å². The van der Waals surface area contributed by atoms with Crippen LogP contribution < -0.4 is 28.0 Å². The zero-order chi connectivity index (χ0) is 32.0. The minimum atomic E-state index is -4.47. The number of amides is 2. The molecule has 0 unspecified atom stereocenters. The van der Waals surface area contributed by atoms with Gasteiger partial charge in [0.15, 0.2) is 5.78 Å². The first-order valence-corrected chi connectivity index (χ1v) is 14.8. The summed E-state index contributed by atoms with van der Waals surface area (Å²) < 4.78 is 44.5. The van der Waals surface area contributed by atoms with Crippen LogP contribution in [-0.4, -0.2) is 71.9 Å². The normalized spacial score (nSPS) is 21.5. The highest BCUT2D eigenvalue weighted by atomic mass is 19.4. The number of Topliss-reactive ketones (excluding diaryl/α,β-unsaturated/α-hetero) is 1. The minimum Gasteiger partial charge on any atom is -0.423 e. The van der Waals surface area contributed by atoms with Crippen molar-refractivity contribution in [2.24, 2.45) is 17.2 Å². The number of aryl methyl sites for hydroxylation is 1. The zero-order valence-corrected chi connectivity index (χ0v) is 24.3. The van der Waals surface area contributed by atoms with Crippen molar-refractivity contribution < 1.29 is 37.2 Å². The number of likely N-dealkylation sites (tertiary alicyclic amines) is 1. The number of halogens is 3. The largest absolute Gasteiger partial charge is 0.491 e. The molecule has 44 heavy (non-hydrogen) atoms. The molecule has 0 spiro atoms. The van der Waals surface area contributed by atoms with Gasteiger partial charge >= 0.3 is 13.3 Å². The Balaban J connectivity index is 1.37. The molecule has 1 saturated heterocycles. The summed E-state index contributed by atoms with van der Waals surface area (Å²) in [5.74, 6) is -1.14. The van der Waals surface area contributed by atoms with Crippen LogP contribution in [0.4, 0.5) is 13.2 Å². The number of rotatable bonds is 12. The number of fused-ring (bicyclic) bond motifs is 1. The number of alkyl halides is 3. The fraction of sp³-hybridized carbons (Fsp3) is 0.500. The molecule has 0 radical (unpaired) electrons. The maximum atomic E-state index is 13.4. The van der Waals surface area contributed by atoms with Gasteiger partial charge in [0.2, 0.25) is 11.8 Å². The van der Waals surface area contributed by atoms with Crippen LogP contribution in [-0.2, 0) is 31.6 Å². The van der Waals surface area contributed by atoms with Gasteiger partial charge in [-0.3, -0.25) is 14.4 Å². The zero-order valence-electron chi connectivity index (χ0n) is 24.3. The Morgan fingerprint density at radius 3 is 2.34 bits per heavy atom. The van der Waals surface area contributed by atoms with Gasteiger partial charge in [0.05, 0.1) is 23.8 Å². The second kappa shape index (κ2) is 14.7. The molecule has 10 nitrogen and oxygen atoms in total. The number of hydrogen-bond acceptors (Lipinski definition) is 8. The highest BCUT2D eigenvalue weighted by Crippen LogP contribution is 2.30. The number of ketones is 1. The second-order valence-electron chi connectivity index (χ2n) is 11.6. The quantitative estimate of drug-likeness (QED) is 0.219. The summed E-state index contributed by atoms with van der Waals surface area (Å²) in [4.78, 5) is 40.7. The predicted octanol–water partition coefficient (Wildman–Crippen LogP) is 0.926. The third kappa shape index (κ3) is 8.88. The van der Waals surface area contributed by atoms with Crippen LogP contribution in [0.2, 0.25) is 0 Å². The van der Waals surface area contributed by atoms with E-state index in [1.54, 1.807) is 17.0 Å². The lowest BCUT2D eigenvalue weighted by molar-refractivity contribution is -0.137. The van der Waals surface area contributed by atoms with Crippen molar-refractivity contribution in [3.63, 3.8) is 0 Å². The van der Waals surface area contributed by atoms with Crippen LogP contribution in [0.1, 0.15) is 61.3 Å². The number of hydrogen-bond donors (Lipinski definition) is 5. The average molecular weight is 617 g/mol. The standard InChI is InChI=1S/C30H39BF3N5O5/c32-30(33,34)19-8-5-18(6-9-19)7-11-25(26(40)12-13-27-22-3-1-2-4-23(22)31(43)44-27)38-29(42)24(37)10-14-28(41)39-16-20(35)15-21(36)17-39/h1-6,8-9,20-21,24-25,27,43H,7,10-17,35-37H2,(H,38,42)/t20-,21+,24-,25+,27+/m0/s1. The number of piperidine rings is 1. The predicted molar refractivity (Wildman–Crippen MR) is 158 cm³/mol. The van der Waals surface area contributed by atoms with Crippen molar-refractivity contribution in [1.29, 1.82) is 0 Å². The van der Waals surface area contributed by atoms with Crippen LogP contribution in [0.15, 0.2) is 48.5 Å². The van der Waals surface area contributed by atoms with E-state index in [4.69, 9.17) is 21.9 Å². The van der Waals surface area contributed by atoms with Crippen molar-refractivity contribution in [2.75, 3.05) is 13.1 Å². The molecule has 2 amide bonds. The number of carbonyl (C=O) groups excluding carboxylic acids is 3. The summed E-state index contributed by atoms with van der Waals surface area (Å²) in [6.07, 6.45) is -3.73. The third-order valence-electron chi connectivity index (χ3n) is 8.14. The minimum absolute atomic E-state index is 0.00104. The van der Waals surface area contributed by atoms with Crippen LogP contribution in [0.5, 0.6) is 0 Å². The lowest BCUT2D eigenvalue weighted by Gasteiger charge is -2.34. The Labute approximate surface area is 254 Å². The molecule has 0 saturated carbocycles. The Morgan fingerprint density at radius 1 is 1.02 bits per heavy atom. The summed E-state index contributed by atoms with van der Waals surface area (Å²) in [6, 6.07) is 9.27. The fourth-order valence-electron chi connectivity index (χ4n) is 5.72. The number of nitrogens with one attached hydrogen (secondary N) is 1. The lowest BCUT2D eigenvalue weighted by Crippen LogP contribution is -2.54. The second-order valence-corrected chi connectivity index (χ2v) is 11.6. The van der Waals surface area contributed by atoms with Gasteiger partial charge in [-0.1, -0.05) is 36.4 Å². The smallest absolute Gasteiger partial charge is 0.423 e. The summed E-state index contributed by atoms with van der Waals surface area (Å²) in [5, 5.41) is 12.9. The van der Waals surface area contributed by atoms with Gasteiger partial charge in [0, 0.05) is 38.0 Å². The van der Waals surface area contributed by atoms with E-state index >= 15 is 0 Å². The van der Waals surface area contributed by atoms with Gasteiger partial charge < -0.3 is 37.1 Å². The summed E-state index contributed by atoms with van der Waals surface area (Å²) in [7, 11) is -1.10. The summed E-state index contributed by atoms with van der Waals surface area (Å²) >= 11 is 0. The number of carbonyl (C=O) groups is 3. The fourth-order valence-corrected chi connectivity index (χ4v) is 5.72. The van der Waals surface area contributed by atoms with Crippen LogP contribution in [0.3, 0.4) is 0 Å². The van der Waals surface area contributed by atoms with E-state index in [9.17, 15) is 32.6 Å². The molecule has 14 heteroatoms. The van der Waals surface area contributed by atoms with E-state index in [-0.39, 0.29) is 62.3 Å². The Morgan fingerprint density at radius 2 is 1.68 bits per heavy atom. The van der Waals surface area contributed by atoms with Crippen molar-refractivity contribution >= 4 is 30.2 Å². The highest BCUT2D eigenvalue weighted by molar-refractivity contribution is 6.61. The average Bonchev–Trinajstić information content (AvgIpc) is 3.30. The Kier molecular flexibility index (Phi) is 11.2. The van der Waals surface area contributed by atoms with Crippen molar-refractivity contribution in [1.82, 2.24) is 10.2 Å². The molecule has 5 atom stereocenters. The van der Waals surface area contributed by atoms with E-state index < -0.39 is 43.0 Å². The van der Waals surface area contributed by atoms with E-state index in [0.29, 0.717) is 30.5 Å². The van der Waals surface area contributed by atoms with Crippen LogP contribution in [0, 0.1) is 0 Å². The number of nitrogens with zero attached hydrogens (tertiary/aromatic N) is 1. The van der Waals surface area contributed by atoms with Crippen molar-refractivity contribution in [2.45, 2.75) is 81.4 Å². The summed E-state index contributed by atoms with van der Waals surface area (Å²) in [6.45, 7) is 0.751. The third-order valence-corrected chi connectivity index (χ3v) is 8.14. The topological polar surface area (TPSA) is 174 Å². The molecule has 2 heterocycles. The molecule has 0 aromatic heterocycles. The van der Waals surface area contributed by atoms with Crippen LogP contribution in [0.25, 0.3) is 0 Å². The summed E-state index contributed by atoms with van der Waals surface area (Å²) in [5.41, 5.74) is 19.2. The first-order valence-electron chi connectivity index (χ1n) is 14.8. The monoisotopic (exact) mass is 617 g/mol. The molecule has 2 aromatic rings. The molecule has 8 N–H and O–H groups in total. The Bertz CT molecular complexity index is 1300. The van der Waals surface area contributed by atoms with E-state index in [1.165, 1.54) is 12.1 Å². The molecule has 2 aromatic carbocycles. The van der Waals surface area contributed by atoms with Gasteiger partial charge in [-0.2, -0.15) is 13.2 Å². The first kappa shape index (κ1) is 33.6. The molecule has 0 bridgehead atoms. The highest BCUT2D eigenvalue weighted by Gasteiger charge is 2.35. The van der Waals surface area contributed by atoms with Crippen molar-refractivity contribution in [3.8, 4) is 0 Å². The number of benzene rings is 2. The molecule has 4 rings (SSSR count). The maximum Gasteiger partial charge on any atom is 0.491 e. The number of nitrogens with two attached hydrogens (primary N) is 3. The van der Waals surface area contributed by atoms with Gasteiger partial charge in [0.1, 0.15) is 0 Å². The Hall–Kier alpha value is -3.30. The van der Waals surface area contributed by atoms with Gasteiger partial charge in [-0.25, -0.2) is 0 Å². The SMILES string of the molecule is N[C@@H]1C[C@H](N)CN(C(=O)CC[C@H](N)C(=O)N[C@H](CCc2ccc(C(F)(F)F)cc2)C(=O)CC[C@H]2OB(O)c3ccccc32)C1. The molecule has 0 aliphatic carbocycles.